The van der Waals surface area contributed by atoms with Crippen molar-refractivity contribution in [2.75, 3.05) is 0 Å². The van der Waals surface area contributed by atoms with Gasteiger partial charge in [-0.3, -0.25) is 0 Å². The van der Waals surface area contributed by atoms with Gasteiger partial charge < -0.3 is 5.11 Å². The number of halogens is 2. The summed E-state index contributed by atoms with van der Waals surface area (Å²) in [5.74, 6) is -1.78. The molecule has 0 radical (unpaired) electrons. The van der Waals surface area contributed by atoms with Crippen LogP contribution in [0, 0.1) is 17.0 Å². The van der Waals surface area contributed by atoms with E-state index in [0.29, 0.717) is 6.42 Å². The molecule has 1 aliphatic carbocycles. The van der Waals surface area contributed by atoms with E-state index in [0.717, 1.165) is 24.0 Å². The summed E-state index contributed by atoms with van der Waals surface area (Å²) in [5.41, 5.74) is 1.11. The molecule has 21 heavy (non-hydrogen) atoms. The first-order valence-corrected chi connectivity index (χ1v) is 7.77. The van der Waals surface area contributed by atoms with Crippen LogP contribution in [0.4, 0.5) is 8.78 Å². The van der Waals surface area contributed by atoms with Crippen LogP contribution < -0.4 is 0 Å². The van der Waals surface area contributed by atoms with E-state index in [1.165, 1.54) is 12.1 Å². The highest BCUT2D eigenvalue weighted by Gasteiger charge is 2.45. The monoisotopic (exact) mass is 296 g/mol. The second-order valence-corrected chi connectivity index (χ2v) is 7.73. The van der Waals surface area contributed by atoms with Gasteiger partial charge in [-0.05, 0) is 46.9 Å². The average Bonchev–Trinajstić information content (AvgIpc) is 2.30. The lowest BCUT2D eigenvalue weighted by Crippen LogP contribution is -2.42. The van der Waals surface area contributed by atoms with E-state index in [1.807, 2.05) is 13.8 Å². The molecule has 118 valence electrons. The smallest absolute Gasteiger partial charge is 0.159 e. The summed E-state index contributed by atoms with van der Waals surface area (Å²) < 4.78 is 27.5. The highest BCUT2D eigenvalue weighted by atomic mass is 19.2. The first kappa shape index (κ1) is 16.4. The number of aliphatic hydroxyl groups is 1. The van der Waals surface area contributed by atoms with Gasteiger partial charge in [-0.25, -0.2) is 8.78 Å². The molecule has 0 heterocycles. The topological polar surface area (TPSA) is 20.2 Å². The van der Waals surface area contributed by atoms with Crippen LogP contribution in [0.5, 0.6) is 0 Å². The van der Waals surface area contributed by atoms with Crippen molar-refractivity contribution in [2.24, 2.45) is 5.41 Å². The summed E-state index contributed by atoms with van der Waals surface area (Å²) in [7, 11) is 0. The molecule has 2 unspecified atom stereocenters. The minimum absolute atomic E-state index is 0.149. The Morgan fingerprint density at radius 2 is 1.81 bits per heavy atom. The van der Waals surface area contributed by atoms with E-state index < -0.39 is 17.7 Å². The number of hydrogen-bond donors (Lipinski definition) is 1. The maximum Gasteiger partial charge on any atom is 0.159 e. The fraction of sp³-hybridized carbons (Fsp3) is 0.667. The Kier molecular flexibility index (Phi) is 4.18. The van der Waals surface area contributed by atoms with Crippen molar-refractivity contribution in [3.8, 4) is 0 Å². The van der Waals surface area contributed by atoms with Gasteiger partial charge in [-0.1, -0.05) is 41.0 Å². The molecule has 0 saturated heterocycles. The predicted molar refractivity (Wildman–Crippen MR) is 81.4 cm³/mol. The Labute approximate surface area is 126 Å². The van der Waals surface area contributed by atoms with Gasteiger partial charge in [-0.2, -0.15) is 0 Å². The molecule has 0 saturated carbocycles. The number of benzene rings is 1. The largest absolute Gasteiger partial charge is 0.392 e. The molecule has 1 aliphatic rings. The van der Waals surface area contributed by atoms with Crippen LogP contribution in [-0.4, -0.2) is 11.2 Å². The van der Waals surface area contributed by atoms with E-state index in [1.54, 1.807) is 0 Å². The molecule has 3 heteroatoms. The minimum atomic E-state index is -0.823. The van der Waals surface area contributed by atoms with Crippen molar-refractivity contribution in [3.63, 3.8) is 0 Å². The van der Waals surface area contributed by atoms with Crippen LogP contribution in [0.3, 0.4) is 0 Å². The maximum atomic E-state index is 13.8. The fourth-order valence-electron chi connectivity index (χ4n) is 4.11. The number of aliphatic hydroxyl groups excluding tert-OH is 1. The molecule has 0 amide bonds. The first-order chi connectivity index (χ1) is 9.60. The Bertz CT molecular complexity index is 534. The van der Waals surface area contributed by atoms with E-state index in [9.17, 15) is 13.9 Å². The second-order valence-electron chi connectivity index (χ2n) is 7.73. The molecule has 1 nitrogen and oxygen atoms in total. The minimum Gasteiger partial charge on any atom is -0.392 e. The highest BCUT2D eigenvalue weighted by molar-refractivity contribution is 5.41. The average molecular weight is 296 g/mol. The van der Waals surface area contributed by atoms with Gasteiger partial charge in [0.2, 0.25) is 0 Å². The van der Waals surface area contributed by atoms with E-state index in [4.69, 9.17) is 0 Å². The number of rotatable bonds is 3. The zero-order valence-electron chi connectivity index (χ0n) is 13.6. The van der Waals surface area contributed by atoms with E-state index >= 15 is 0 Å². The Morgan fingerprint density at radius 3 is 2.38 bits per heavy atom. The summed E-state index contributed by atoms with van der Waals surface area (Å²) in [5, 5.41) is 10.7. The molecule has 1 aromatic rings. The molecule has 0 spiro atoms. The predicted octanol–water partition coefficient (Wildman–Crippen LogP) is 4.92. The lowest BCUT2D eigenvalue weighted by atomic mass is 9.59. The van der Waals surface area contributed by atoms with Gasteiger partial charge in [0, 0.05) is 5.92 Å². The number of fused-ring (bicyclic) bond motifs is 1. The zero-order valence-corrected chi connectivity index (χ0v) is 13.6. The van der Waals surface area contributed by atoms with E-state index in [2.05, 4.69) is 20.8 Å². The summed E-state index contributed by atoms with van der Waals surface area (Å²) >= 11 is 0. The van der Waals surface area contributed by atoms with Crippen LogP contribution in [0.15, 0.2) is 12.1 Å². The van der Waals surface area contributed by atoms with Crippen molar-refractivity contribution in [1.82, 2.24) is 0 Å². The fourth-order valence-corrected chi connectivity index (χ4v) is 4.11. The van der Waals surface area contributed by atoms with E-state index in [-0.39, 0.29) is 16.7 Å². The standard InChI is InChI=1S/C18H26F2O/c1-6-7-17(2,3)16-11-8-13(19)14(20)9-12(11)18(4,5)10-15(16)21/h8-9,15-16,21H,6-7,10H2,1-5H3. The van der Waals surface area contributed by atoms with Crippen molar-refractivity contribution < 1.29 is 13.9 Å². The lowest BCUT2D eigenvalue weighted by molar-refractivity contribution is 0.0422. The molecule has 2 atom stereocenters. The van der Waals surface area contributed by atoms with Crippen molar-refractivity contribution in [3.05, 3.63) is 34.9 Å². The Hall–Kier alpha value is -0.960. The van der Waals surface area contributed by atoms with Crippen LogP contribution in [0.2, 0.25) is 0 Å². The summed E-state index contributed by atoms with van der Waals surface area (Å²) in [4.78, 5) is 0. The van der Waals surface area contributed by atoms with Gasteiger partial charge in [-0.15, -0.1) is 0 Å². The van der Waals surface area contributed by atoms with Crippen LogP contribution in [0.25, 0.3) is 0 Å². The second kappa shape index (κ2) is 5.35. The molecule has 2 rings (SSSR count). The molecular weight excluding hydrogens is 270 g/mol. The molecular formula is C18H26F2O. The SMILES string of the molecule is CCCC(C)(C)C1c2cc(F)c(F)cc2C(C)(C)CC1O. The van der Waals surface area contributed by atoms with Gasteiger partial charge >= 0.3 is 0 Å². The van der Waals surface area contributed by atoms with Gasteiger partial charge in [0.25, 0.3) is 0 Å². The molecule has 0 fully saturated rings. The van der Waals surface area contributed by atoms with Gasteiger partial charge in [0.15, 0.2) is 11.6 Å². The normalized spacial score (nSPS) is 24.8. The van der Waals surface area contributed by atoms with Gasteiger partial charge in [0.05, 0.1) is 6.10 Å². The molecule has 0 aromatic heterocycles. The summed E-state index contributed by atoms with van der Waals surface area (Å²) in [6.07, 6.45) is 1.98. The molecule has 1 aromatic carbocycles. The third-order valence-corrected chi connectivity index (χ3v) is 5.00. The van der Waals surface area contributed by atoms with Crippen molar-refractivity contribution in [2.45, 2.75) is 71.3 Å². The summed E-state index contributed by atoms with van der Waals surface area (Å²) in [6, 6.07) is 2.63. The molecule has 0 aliphatic heterocycles. The van der Waals surface area contributed by atoms with Gasteiger partial charge in [0.1, 0.15) is 0 Å². The quantitative estimate of drug-likeness (QED) is 0.839. The molecule has 0 bridgehead atoms. The van der Waals surface area contributed by atoms with Crippen molar-refractivity contribution in [1.29, 1.82) is 0 Å². The van der Waals surface area contributed by atoms with Crippen molar-refractivity contribution >= 4 is 0 Å². The van der Waals surface area contributed by atoms with Crippen LogP contribution >= 0.6 is 0 Å². The Morgan fingerprint density at radius 1 is 1.24 bits per heavy atom. The zero-order chi connectivity index (χ0) is 16.0. The third kappa shape index (κ3) is 2.85. The highest BCUT2D eigenvalue weighted by Crippen LogP contribution is 2.51. The maximum absolute atomic E-state index is 13.8. The Balaban J connectivity index is 2.63. The first-order valence-electron chi connectivity index (χ1n) is 7.77. The lowest BCUT2D eigenvalue weighted by Gasteiger charge is -2.47. The summed E-state index contributed by atoms with van der Waals surface area (Å²) in [6.45, 7) is 10.3. The number of hydrogen-bond acceptors (Lipinski definition) is 1. The third-order valence-electron chi connectivity index (χ3n) is 5.00. The van der Waals surface area contributed by atoms with Crippen LogP contribution in [0.1, 0.15) is 70.9 Å². The molecule has 1 N–H and O–H groups in total. The van der Waals surface area contributed by atoms with Crippen LogP contribution in [-0.2, 0) is 5.41 Å².